The highest BCUT2D eigenvalue weighted by atomic mass is 16.4. The molecule has 2 N–H and O–H groups in total. The molecular formula is C13H10N2O5. The summed E-state index contributed by atoms with van der Waals surface area (Å²) in [6.07, 6.45) is 3.08. The lowest BCUT2D eigenvalue weighted by Crippen LogP contribution is -2.28. The quantitative estimate of drug-likeness (QED) is 0.802. The lowest BCUT2D eigenvalue weighted by atomic mass is 10.2. The van der Waals surface area contributed by atoms with Crippen LogP contribution in [0.1, 0.15) is 12.8 Å². The topological polar surface area (TPSA) is 104 Å². The molecule has 2 aromatic heterocycles. The van der Waals surface area contributed by atoms with Gasteiger partial charge in [0.15, 0.2) is 5.76 Å². The Hall–Kier alpha value is -2.83. The molecule has 1 fully saturated rings. The smallest absolute Gasteiger partial charge is 0.256 e. The zero-order chi connectivity index (χ0) is 14.3. The second-order valence-electron chi connectivity index (χ2n) is 4.30. The second kappa shape index (κ2) is 4.37. The van der Waals surface area contributed by atoms with E-state index in [1.807, 2.05) is 0 Å². The highest BCUT2D eigenvalue weighted by Gasteiger charge is 2.37. The van der Waals surface area contributed by atoms with E-state index in [0.29, 0.717) is 5.56 Å². The SMILES string of the molecule is O=C1CCC(=O)N1c1oc(-c2cccnc2)c(O)c1O. The van der Waals surface area contributed by atoms with E-state index in [9.17, 15) is 19.8 Å². The highest BCUT2D eigenvalue weighted by molar-refractivity contribution is 6.20. The highest BCUT2D eigenvalue weighted by Crippen LogP contribution is 2.47. The van der Waals surface area contributed by atoms with E-state index in [0.717, 1.165) is 4.90 Å². The summed E-state index contributed by atoms with van der Waals surface area (Å²) in [5.74, 6) is -2.51. The molecule has 7 nitrogen and oxygen atoms in total. The van der Waals surface area contributed by atoms with E-state index in [-0.39, 0.29) is 24.5 Å². The van der Waals surface area contributed by atoms with E-state index in [2.05, 4.69) is 4.98 Å². The number of amides is 2. The molecule has 7 heteroatoms. The minimum Gasteiger partial charge on any atom is -0.502 e. The second-order valence-corrected chi connectivity index (χ2v) is 4.30. The van der Waals surface area contributed by atoms with Gasteiger partial charge in [-0.25, -0.2) is 4.90 Å². The molecule has 0 aromatic carbocycles. The Morgan fingerprint density at radius 2 is 1.85 bits per heavy atom. The molecule has 102 valence electrons. The predicted octanol–water partition coefficient (Wildman–Crippen LogP) is 1.41. The molecule has 0 spiro atoms. The van der Waals surface area contributed by atoms with Crippen molar-refractivity contribution in [1.29, 1.82) is 0 Å². The van der Waals surface area contributed by atoms with Gasteiger partial charge in [0.25, 0.3) is 5.88 Å². The van der Waals surface area contributed by atoms with Crippen LogP contribution in [0, 0.1) is 0 Å². The first-order valence-electron chi connectivity index (χ1n) is 5.90. The summed E-state index contributed by atoms with van der Waals surface area (Å²) in [5.41, 5.74) is 0.422. The molecule has 0 aliphatic carbocycles. The van der Waals surface area contributed by atoms with Gasteiger partial charge in [-0.15, -0.1) is 0 Å². The summed E-state index contributed by atoms with van der Waals surface area (Å²) in [4.78, 5) is 27.9. The number of aromatic hydroxyl groups is 2. The van der Waals surface area contributed by atoms with E-state index < -0.39 is 23.3 Å². The Labute approximate surface area is 113 Å². The van der Waals surface area contributed by atoms with Crippen molar-refractivity contribution in [2.75, 3.05) is 4.90 Å². The number of rotatable bonds is 2. The number of nitrogens with zero attached hydrogens (tertiary/aromatic N) is 2. The number of hydrogen-bond acceptors (Lipinski definition) is 6. The van der Waals surface area contributed by atoms with Crippen molar-refractivity contribution in [2.45, 2.75) is 12.8 Å². The fourth-order valence-corrected chi connectivity index (χ4v) is 2.05. The van der Waals surface area contributed by atoms with Gasteiger partial charge in [0.1, 0.15) is 0 Å². The number of furan rings is 1. The number of imide groups is 1. The van der Waals surface area contributed by atoms with Gasteiger partial charge < -0.3 is 14.6 Å². The summed E-state index contributed by atoms with van der Waals surface area (Å²) < 4.78 is 5.30. The zero-order valence-electron chi connectivity index (χ0n) is 10.2. The Bertz CT molecular complexity index is 676. The molecule has 20 heavy (non-hydrogen) atoms. The third-order valence-electron chi connectivity index (χ3n) is 3.02. The Kier molecular flexibility index (Phi) is 2.67. The lowest BCUT2D eigenvalue weighted by molar-refractivity contribution is -0.121. The van der Waals surface area contributed by atoms with Gasteiger partial charge in [-0.1, -0.05) is 0 Å². The van der Waals surface area contributed by atoms with E-state index in [4.69, 9.17) is 4.42 Å². The first kappa shape index (κ1) is 12.2. The maximum absolute atomic E-state index is 11.6. The fourth-order valence-electron chi connectivity index (χ4n) is 2.05. The zero-order valence-corrected chi connectivity index (χ0v) is 10.2. The number of anilines is 1. The fraction of sp³-hybridized carbons (Fsp3) is 0.154. The van der Waals surface area contributed by atoms with Crippen LogP contribution < -0.4 is 4.90 Å². The Morgan fingerprint density at radius 3 is 2.45 bits per heavy atom. The van der Waals surface area contributed by atoms with Gasteiger partial charge in [0.05, 0.1) is 0 Å². The van der Waals surface area contributed by atoms with Crippen LogP contribution in [0.15, 0.2) is 28.9 Å². The van der Waals surface area contributed by atoms with Crippen LogP contribution in [0.25, 0.3) is 11.3 Å². The Morgan fingerprint density at radius 1 is 1.15 bits per heavy atom. The third-order valence-corrected chi connectivity index (χ3v) is 3.02. The van der Waals surface area contributed by atoms with Crippen molar-refractivity contribution in [3.8, 4) is 22.8 Å². The van der Waals surface area contributed by atoms with Crippen LogP contribution in [-0.4, -0.2) is 27.0 Å². The number of carbonyl (C=O) groups is 2. The molecule has 3 heterocycles. The molecule has 3 rings (SSSR count). The van der Waals surface area contributed by atoms with Crippen LogP contribution >= 0.6 is 0 Å². The summed E-state index contributed by atoms with van der Waals surface area (Å²) in [5, 5.41) is 19.7. The molecule has 2 amide bonds. The average molecular weight is 274 g/mol. The first-order chi connectivity index (χ1) is 9.59. The molecule has 0 radical (unpaired) electrons. The summed E-state index contributed by atoms with van der Waals surface area (Å²) in [7, 11) is 0. The van der Waals surface area contributed by atoms with Gasteiger partial charge >= 0.3 is 0 Å². The lowest BCUT2D eigenvalue weighted by Gasteiger charge is -2.09. The third kappa shape index (κ3) is 1.71. The normalized spacial score (nSPS) is 15.1. The van der Waals surface area contributed by atoms with Gasteiger partial charge in [-0.05, 0) is 12.1 Å². The van der Waals surface area contributed by atoms with Gasteiger partial charge in [-0.3, -0.25) is 14.6 Å². The largest absolute Gasteiger partial charge is 0.502 e. The van der Waals surface area contributed by atoms with E-state index in [1.54, 1.807) is 12.1 Å². The number of aromatic nitrogens is 1. The van der Waals surface area contributed by atoms with Gasteiger partial charge in [0.2, 0.25) is 23.3 Å². The van der Waals surface area contributed by atoms with Crippen LogP contribution in [0.3, 0.4) is 0 Å². The van der Waals surface area contributed by atoms with Crippen molar-refractivity contribution < 1.29 is 24.2 Å². The number of hydrogen-bond donors (Lipinski definition) is 2. The molecule has 1 saturated heterocycles. The molecule has 0 atom stereocenters. The Balaban J connectivity index is 2.11. The number of pyridine rings is 1. The molecule has 1 aliphatic heterocycles. The molecule has 2 aromatic rings. The summed E-state index contributed by atoms with van der Waals surface area (Å²) >= 11 is 0. The maximum Gasteiger partial charge on any atom is 0.256 e. The monoisotopic (exact) mass is 274 g/mol. The van der Waals surface area contributed by atoms with Crippen LogP contribution in [0.5, 0.6) is 11.5 Å². The molecule has 0 saturated carbocycles. The van der Waals surface area contributed by atoms with Gasteiger partial charge in [-0.2, -0.15) is 0 Å². The minimum absolute atomic E-state index is 0.0434. The van der Waals surface area contributed by atoms with Gasteiger partial charge in [0, 0.05) is 30.8 Å². The van der Waals surface area contributed by atoms with Crippen molar-refractivity contribution in [3.05, 3.63) is 24.5 Å². The summed E-state index contributed by atoms with van der Waals surface area (Å²) in [6.45, 7) is 0. The molecule has 1 aliphatic rings. The predicted molar refractivity (Wildman–Crippen MR) is 67.0 cm³/mol. The minimum atomic E-state index is -0.632. The number of carbonyl (C=O) groups excluding carboxylic acids is 2. The maximum atomic E-state index is 11.6. The molecule has 0 unspecified atom stereocenters. The molecular weight excluding hydrogens is 264 g/mol. The van der Waals surface area contributed by atoms with Crippen molar-refractivity contribution in [1.82, 2.24) is 4.98 Å². The van der Waals surface area contributed by atoms with E-state index in [1.165, 1.54) is 12.4 Å². The van der Waals surface area contributed by atoms with E-state index >= 15 is 0 Å². The van der Waals surface area contributed by atoms with Crippen molar-refractivity contribution >= 4 is 17.7 Å². The van der Waals surface area contributed by atoms with Crippen LogP contribution in [-0.2, 0) is 9.59 Å². The van der Waals surface area contributed by atoms with Crippen LogP contribution in [0.2, 0.25) is 0 Å². The van der Waals surface area contributed by atoms with Crippen LogP contribution in [0.4, 0.5) is 5.88 Å². The summed E-state index contributed by atoms with van der Waals surface area (Å²) in [6, 6.07) is 3.24. The van der Waals surface area contributed by atoms with Crippen molar-refractivity contribution in [2.24, 2.45) is 0 Å². The van der Waals surface area contributed by atoms with Crippen molar-refractivity contribution in [3.63, 3.8) is 0 Å². The molecule has 0 bridgehead atoms. The standard InChI is InChI=1S/C13H10N2O5/c16-8-3-4-9(17)15(8)13-11(19)10(18)12(20-13)7-2-1-5-14-6-7/h1-2,5-6,18-19H,3-4H2. The first-order valence-corrected chi connectivity index (χ1v) is 5.90. The average Bonchev–Trinajstić information content (AvgIpc) is 2.93.